The normalized spacial score (nSPS) is 21.4. The molecule has 5 heteroatoms. The molecule has 4 nitrogen and oxygen atoms in total. The number of nitrogens with zero attached hydrogens (tertiary/aromatic N) is 2. The largest absolute Gasteiger partial charge is 0.361 e. The fraction of sp³-hybridized carbons (Fsp3) is 0.714. The van der Waals surface area contributed by atoms with Gasteiger partial charge in [0.1, 0.15) is 5.76 Å². The maximum Gasteiger partial charge on any atom is 0.157 e. The number of hydrogen-bond acceptors (Lipinski definition) is 5. The summed E-state index contributed by atoms with van der Waals surface area (Å²) in [4.78, 5) is 4.81. The van der Waals surface area contributed by atoms with Crippen LogP contribution in [0.2, 0.25) is 0 Å². The van der Waals surface area contributed by atoms with Gasteiger partial charge in [-0.1, -0.05) is 30.8 Å². The van der Waals surface area contributed by atoms with Gasteiger partial charge in [0.05, 0.1) is 17.8 Å². The molecule has 19 heavy (non-hydrogen) atoms. The van der Waals surface area contributed by atoms with Crippen molar-refractivity contribution in [2.75, 3.05) is 5.75 Å². The highest BCUT2D eigenvalue weighted by molar-refractivity contribution is 8.13. The second-order valence-electron chi connectivity index (χ2n) is 5.49. The molecule has 2 atom stereocenters. The molecule has 0 bridgehead atoms. The molecular weight excluding hydrogens is 258 g/mol. The Morgan fingerprint density at radius 1 is 1.32 bits per heavy atom. The predicted molar refractivity (Wildman–Crippen MR) is 80.7 cm³/mol. The van der Waals surface area contributed by atoms with E-state index in [1.807, 2.05) is 25.6 Å². The van der Waals surface area contributed by atoms with E-state index < -0.39 is 0 Å². The summed E-state index contributed by atoms with van der Waals surface area (Å²) in [5, 5.41) is 8.57. The average Bonchev–Trinajstić information content (AvgIpc) is 2.69. The van der Waals surface area contributed by atoms with Crippen LogP contribution in [0, 0.1) is 19.8 Å². The van der Waals surface area contributed by atoms with E-state index in [4.69, 9.17) is 9.52 Å². The van der Waals surface area contributed by atoms with E-state index in [0.717, 1.165) is 27.9 Å². The number of aromatic nitrogens is 1. The minimum atomic E-state index is 0.184. The molecule has 0 fully saturated rings. The summed E-state index contributed by atoms with van der Waals surface area (Å²) < 4.78 is 5.23. The fourth-order valence-electron chi connectivity index (χ4n) is 2.46. The van der Waals surface area contributed by atoms with Crippen molar-refractivity contribution in [1.82, 2.24) is 10.5 Å². The maximum atomic E-state index is 5.23. The first-order chi connectivity index (χ1) is 8.99. The molecule has 0 amide bonds. The Morgan fingerprint density at radius 3 is 2.63 bits per heavy atom. The first-order valence-corrected chi connectivity index (χ1v) is 7.87. The van der Waals surface area contributed by atoms with Gasteiger partial charge in [-0.3, -0.25) is 4.99 Å². The van der Waals surface area contributed by atoms with Gasteiger partial charge in [-0.25, -0.2) is 0 Å². The van der Waals surface area contributed by atoms with Crippen LogP contribution in [-0.2, 0) is 0 Å². The second kappa shape index (κ2) is 5.99. The number of hydrogen-bond donors (Lipinski definition) is 1. The van der Waals surface area contributed by atoms with E-state index in [2.05, 4.69) is 31.2 Å². The zero-order chi connectivity index (χ0) is 14.0. The fourth-order valence-corrected chi connectivity index (χ4v) is 3.48. The Balaban J connectivity index is 2.09. The molecule has 0 aromatic carbocycles. The lowest BCUT2D eigenvalue weighted by molar-refractivity contribution is 0.391. The topological polar surface area (TPSA) is 50.4 Å². The molecule has 1 aromatic rings. The number of aryl methyl sites for hydroxylation is 2. The van der Waals surface area contributed by atoms with Crippen molar-refractivity contribution < 1.29 is 4.52 Å². The van der Waals surface area contributed by atoms with Crippen LogP contribution in [0.3, 0.4) is 0 Å². The standard InChI is InChI=1S/C14H23N3OS/c1-8(2)12-6-7-19-14(16-12)15-9(3)13-10(4)17-18-11(13)5/h8-9,12H,6-7H2,1-5H3,(H,15,16). The van der Waals surface area contributed by atoms with Crippen LogP contribution in [0.1, 0.15) is 50.3 Å². The molecule has 106 valence electrons. The minimum Gasteiger partial charge on any atom is -0.361 e. The summed E-state index contributed by atoms with van der Waals surface area (Å²) in [6.45, 7) is 10.5. The molecule has 1 aliphatic rings. The van der Waals surface area contributed by atoms with Crippen molar-refractivity contribution in [2.45, 2.75) is 53.1 Å². The Bertz CT molecular complexity index is 448. The van der Waals surface area contributed by atoms with Crippen LogP contribution in [0.25, 0.3) is 0 Å². The third kappa shape index (κ3) is 3.32. The first-order valence-electron chi connectivity index (χ1n) is 6.89. The van der Waals surface area contributed by atoms with E-state index >= 15 is 0 Å². The van der Waals surface area contributed by atoms with Gasteiger partial charge in [0.2, 0.25) is 0 Å². The number of thioether (sulfide) groups is 1. The van der Waals surface area contributed by atoms with Gasteiger partial charge in [-0.05, 0) is 33.1 Å². The molecule has 0 radical (unpaired) electrons. The quantitative estimate of drug-likeness (QED) is 0.922. The summed E-state index contributed by atoms with van der Waals surface area (Å²) >= 11 is 1.81. The van der Waals surface area contributed by atoms with Gasteiger partial charge >= 0.3 is 0 Å². The Morgan fingerprint density at radius 2 is 2.05 bits per heavy atom. The van der Waals surface area contributed by atoms with Crippen LogP contribution in [0.4, 0.5) is 0 Å². The average molecular weight is 281 g/mol. The highest BCUT2D eigenvalue weighted by Crippen LogP contribution is 2.25. The third-order valence-corrected chi connectivity index (χ3v) is 4.50. The Labute approximate surface area is 119 Å². The number of nitrogens with one attached hydrogen (secondary N) is 1. The first kappa shape index (κ1) is 14.4. The van der Waals surface area contributed by atoms with E-state index in [0.29, 0.717) is 12.0 Å². The monoisotopic (exact) mass is 281 g/mol. The molecule has 0 saturated carbocycles. The van der Waals surface area contributed by atoms with Crippen LogP contribution < -0.4 is 5.32 Å². The van der Waals surface area contributed by atoms with Crippen LogP contribution >= 0.6 is 11.8 Å². The lowest BCUT2D eigenvalue weighted by Crippen LogP contribution is -2.31. The summed E-state index contributed by atoms with van der Waals surface area (Å²) in [6, 6.07) is 0.629. The van der Waals surface area contributed by atoms with E-state index in [1.54, 1.807) is 0 Å². The summed E-state index contributed by atoms with van der Waals surface area (Å²) in [5.41, 5.74) is 2.11. The smallest absolute Gasteiger partial charge is 0.157 e. The SMILES string of the molecule is Cc1noc(C)c1C(C)NC1=NC(C(C)C)CCS1. The number of amidine groups is 1. The van der Waals surface area contributed by atoms with Crippen LogP contribution in [0.15, 0.2) is 9.52 Å². The van der Waals surface area contributed by atoms with Crippen molar-refractivity contribution in [3.8, 4) is 0 Å². The van der Waals surface area contributed by atoms with E-state index in [1.165, 1.54) is 6.42 Å². The molecule has 2 heterocycles. The lowest BCUT2D eigenvalue weighted by atomic mass is 10.0. The molecule has 1 aromatic heterocycles. The van der Waals surface area contributed by atoms with Crippen molar-refractivity contribution in [1.29, 1.82) is 0 Å². The van der Waals surface area contributed by atoms with Gasteiger partial charge in [-0.2, -0.15) is 0 Å². The van der Waals surface area contributed by atoms with Gasteiger partial charge in [0, 0.05) is 11.3 Å². The molecule has 1 N–H and O–H groups in total. The minimum absolute atomic E-state index is 0.184. The molecule has 2 rings (SSSR count). The summed E-state index contributed by atoms with van der Waals surface area (Å²) in [5.74, 6) is 2.63. The zero-order valence-electron chi connectivity index (χ0n) is 12.4. The third-order valence-electron chi connectivity index (χ3n) is 3.57. The number of aliphatic imine (C=N–C) groups is 1. The van der Waals surface area contributed by atoms with Gasteiger partial charge in [0.25, 0.3) is 0 Å². The summed E-state index contributed by atoms with van der Waals surface area (Å²) in [6.07, 6.45) is 1.17. The van der Waals surface area contributed by atoms with Gasteiger partial charge in [-0.15, -0.1) is 0 Å². The van der Waals surface area contributed by atoms with Gasteiger partial charge in [0.15, 0.2) is 5.17 Å². The van der Waals surface area contributed by atoms with E-state index in [9.17, 15) is 0 Å². The Hall–Kier alpha value is -0.970. The van der Waals surface area contributed by atoms with Crippen LogP contribution in [0.5, 0.6) is 0 Å². The predicted octanol–water partition coefficient (Wildman–Crippen LogP) is 3.46. The van der Waals surface area contributed by atoms with Crippen LogP contribution in [-0.4, -0.2) is 22.1 Å². The number of rotatable bonds is 3. The van der Waals surface area contributed by atoms with E-state index in [-0.39, 0.29) is 6.04 Å². The molecule has 0 spiro atoms. The lowest BCUT2D eigenvalue weighted by Gasteiger charge is -2.25. The van der Waals surface area contributed by atoms with Crippen molar-refractivity contribution >= 4 is 16.9 Å². The molecule has 1 aliphatic heterocycles. The molecule has 2 unspecified atom stereocenters. The molecular formula is C14H23N3OS. The van der Waals surface area contributed by atoms with Crippen molar-refractivity contribution in [3.05, 3.63) is 17.0 Å². The molecule has 0 saturated heterocycles. The van der Waals surface area contributed by atoms with Gasteiger partial charge < -0.3 is 9.84 Å². The van der Waals surface area contributed by atoms with Crippen molar-refractivity contribution in [2.24, 2.45) is 10.9 Å². The summed E-state index contributed by atoms with van der Waals surface area (Å²) in [7, 11) is 0. The highest BCUT2D eigenvalue weighted by Gasteiger charge is 2.22. The maximum absolute atomic E-state index is 5.23. The second-order valence-corrected chi connectivity index (χ2v) is 6.57. The highest BCUT2D eigenvalue weighted by atomic mass is 32.2. The zero-order valence-corrected chi connectivity index (χ0v) is 13.2. The Kier molecular flexibility index (Phi) is 4.55. The molecule has 0 aliphatic carbocycles. The van der Waals surface area contributed by atoms with Crippen molar-refractivity contribution in [3.63, 3.8) is 0 Å².